The highest BCUT2D eigenvalue weighted by Gasteiger charge is 2.35. The predicted molar refractivity (Wildman–Crippen MR) is 70.9 cm³/mol. The van der Waals surface area contributed by atoms with E-state index in [-0.39, 0.29) is 5.54 Å². The van der Waals surface area contributed by atoms with Crippen LogP contribution in [0.15, 0.2) is 5.38 Å². The van der Waals surface area contributed by atoms with E-state index in [0.717, 1.165) is 29.5 Å². The SMILES string of the molecule is CCC1CCC(N)(c2nc(COC)cs2)CC1. The van der Waals surface area contributed by atoms with Crippen LogP contribution in [0.25, 0.3) is 0 Å². The van der Waals surface area contributed by atoms with Crippen molar-refractivity contribution in [2.75, 3.05) is 7.11 Å². The van der Waals surface area contributed by atoms with Gasteiger partial charge in [0.2, 0.25) is 0 Å². The fourth-order valence-corrected chi connectivity index (χ4v) is 3.54. The summed E-state index contributed by atoms with van der Waals surface area (Å²) in [5.41, 5.74) is 7.34. The van der Waals surface area contributed by atoms with Gasteiger partial charge in [-0.1, -0.05) is 13.3 Å². The molecular weight excluding hydrogens is 232 g/mol. The highest BCUT2D eigenvalue weighted by molar-refractivity contribution is 7.09. The topological polar surface area (TPSA) is 48.1 Å². The van der Waals surface area contributed by atoms with Crippen molar-refractivity contribution in [3.63, 3.8) is 0 Å². The first-order chi connectivity index (χ1) is 8.18. The number of nitrogens with zero attached hydrogens (tertiary/aromatic N) is 1. The van der Waals surface area contributed by atoms with Crippen LogP contribution in [0.4, 0.5) is 0 Å². The van der Waals surface area contributed by atoms with Crippen molar-refractivity contribution in [2.45, 2.75) is 51.2 Å². The fraction of sp³-hybridized carbons (Fsp3) is 0.769. The molecule has 1 aliphatic carbocycles. The van der Waals surface area contributed by atoms with E-state index in [9.17, 15) is 0 Å². The van der Waals surface area contributed by atoms with Gasteiger partial charge in [0.25, 0.3) is 0 Å². The average Bonchev–Trinajstić information content (AvgIpc) is 2.80. The minimum Gasteiger partial charge on any atom is -0.378 e. The first-order valence-corrected chi connectivity index (χ1v) is 7.28. The third kappa shape index (κ3) is 2.87. The summed E-state index contributed by atoms with van der Waals surface area (Å²) < 4.78 is 5.10. The number of aromatic nitrogens is 1. The minimum absolute atomic E-state index is 0.178. The van der Waals surface area contributed by atoms with Crippen LogP contribution >= 0.6 is 11.3 Å². The normalized spacial score (nSPS) is 29.5. The first-order valence-electron chi connectivity index (χ1n) is 6.40. The lowest BCUT2D eigenvalue weighted by Gasteiger charge is -2.35. The number of thiazole rings is 1. The summed E-state index contributed by atoms with van der Waals surface area (Å²) in [6.07, 6.45) is 5.91. The van der Waals surface area contributed by atoms with Crippen molar-refractivity contribution in [1.82, 2.24) is 4.98 Å². The second kappa shape index (κ2) is 5.46. The van der Waals surface area contributed by atoms with Gasteiger partial charge in [-0.05, 0) is 31.6 Å². The summed E-state index contributed by atoms with van der Waals surface area (Å²) in [5, 5.41) is 3.17. The Morgan fingerprint density at radius 3 is 2.82 bits per heavy atom. The van der Waals surface area contributed by atoms with Crippen LogP contribution in [-0.4, -0.2) is 12.1 Å². The van der Waals surface area contributed by atoms with Crippen LogP contribution < -0.4 is 5.73 Å². The number of nitrogens with two attached hydrogens (primary N) is 1. The molecular formula is C13H22N2OS. The third-order valence-electron chi connectivity index (χ3n) is 3.84. The molecule has 17 heavy (non-hydrogen) atoms. The Morgan fingerprint density at radius 2 is 2.24 bits per heavy atom. The van der Waals surface area contributed by atoms with Crippen LogP contribution in [0.3, 0.4) is 0 Å². The van der Waals surface area contributed by atoms with Gasteiger partial charge in [-0.15, -0.1) is 11.3 Å². The Bertz CT molecular complexity index is 356. The maximum atomic E-state index is 6.51. The highest BCUT2D eigenvalue weighted by atomic mass is 32.1. The summed E-state index contributed by atoms with van der Waals surface area (Å²) >= 11 is 1.69. The Hall–Kier alpha value is -0.450. The van der Waals surface area contributed by atoms with Gasteiger partial charge in [-0.2, -0.15) is 0 Å². The molecule has 0 unspecified atom stereocenters. The van der Waals surface area contributed by atoms with Crippen molar-refractivity contribution >= 4 is 11.3 Å². The molecule has 0 spiro atoms. The Kier molecular flexibility index (Phi) is 4.17. The molecule has 96 valence electrons. The van der Waals surface area contributed by atoms with Crippen molar-refractivity contribution in [1.29, 1.82) is 0 Å². The van der Waals surface area contributed by atoms with E-state index >= 15 is 0 Å². The van der Waals surface area contributed by atoms with Crippen molar-refractivity contribution < 1.29 is 4.74 Å². The minimum atomic E-state index is -0.178. The molecule has 0 aromatic carbocycles. The van der Waals surface area contributed by atoms with Crippen molar-refractivity contribution in [3.05, 3.63) is 16.1 Å². The van der Waals surface area contributed by atoms with Gasteiger partial charge in [-0.3, -0.25) is 0 Å². The van der Waals surface area contributed by atoms with E-state index in [0.29, 0.717) is 6.61 Å². The zero-order chi connectivity index (χ0) is 12.3. The fourth-order valence-electron chi connectivity index (χ4n) is 2.56. The van der Waals surface area contributed by atoms with E-state index in [1.807, 2.05) is 0 Å². The largest absolute Gasteiger partial charge is 0.378 e. The summed E-state index contributed by atoms with van der Waals surface area (Å²) in [5.74, 6) is 0.866. The van der Waals surface area contributed by atoms with Crippen LogP contribution in [0.2, 0.25) is 0 Å². The second-order valence-electron chi connectivity index (χ2n) is 5.08. The predicted octanol–water partition coefficient (Wildman–Crippen LogP) is 3.04. The molecule has 0 atom stereocenters. The van der Waals surface area contributed by atoms with Crippen LogP contribution in [-0.2, 0) is 16.9 Å². The standard InChI is InChI=1S/C13H22N2OS/c1-3-10-4-6-13(14,7-5-10)12-15-11(8-16-2)9-17-12/h9-10H,3-8,14H2,1-2H3. The van der Waals surface area contributed by atoms with E-state index in [1.54, 1.807) is 18.4 Å². The molecule has 1 aromatic rings. The van der Waals surface area contributed by atoms with Gasteiger partial charge < -0.3 is 10.5 Å². The lowest BCUT2D eigenvalue weighted by Crippen LogP contribution is -2.40. The van der Waals surface area contributed by atoms with Crippen molar-refractivity contribution in [3.8, 4) is 0 Å². The summed E-state index contributed by atoms with van der Waals surface area (Å²) in [6.45, 7) is 2.86. The third-order valence-corrected chi connectivity index (χ3v) is 4.96. The molecule has 3 nitrogen and oxygen atoms in total. The van der Waals surface area contributed by atoms with Gasteiger partial charge in [0.1, 0.15) is 5.01 Å². The first kappa shape index (κ1) is 13.0. The second-order valence-corrected chi connectivity index (χ2v) is 5.94. The van der Waals surface area contributed by atoms with Gasteiger partial charge in [-0.25, -0.2) is 4.98 Å². The molecule has 0 bridgehead atoms. The van der Waals surface area contributed by atoms with Crippen LogP contribution in [0.5, 0.6) is 0 Å². The molecule has 2 rings (SSSR count). The zero-order valence-corrected chi connectivity index (χ0v) is 11.6. The zero-order valence-electron chi connectivity index (χ0n) is 10.7. The smallest absolute Gasteiger partial charge is 0.113 e. The van der Waals surface area contributed by atoms with Gasteiger partial charge >= 0.3 is 0 Å². The maximum Gasteiger partial charge on any atom is 0.113 e. The molecule has 1 saturated carbocycles. The average molecular weight is 254 g/mol. The van der Waals surface area contributed by atoms with Crippen LogP contribution in [0.1, 0.15) is 49.7 Å². The molecule has 4 heteroatoms. The quantitative estimate of drug-likeness (QED) is 0.898. The lowest BCUT2D eigenvalue weighted by atomic mass is 9.76. The molecule has 1 aliphatic rings. The van der Waals surface area contributed by atoms with E-state index in [1.165, 1.54) is 19.3 Å². The van der Waals surface area contributed by atoms with E-state index in [4.69, 9.17) is 10.5 Å². The summed E-state index contributed by atoms with van der Waals surface area (Å²) in [6, 6.07) is 0. The summed E-state index contributed by atoms with van der Waals surface area (Å²) in [4.78, 5) is 4.61. The highest BCUT2D eigenvalue weighted by Crippen LogP contribution is 2.39. The lowest BCUT2D eigenvalue weighted by molar-refractivity contribution is 0.181. The monoisotopic (exact) mass is 254 g/mol. The van der Waals surface area contributed by atoms with Crippen molar-refractivity contribution in [2.24, 2.45) is 11.7 Å². The van der Waals surface area contributed by atoms with Gasteiger partial charge in [0, 0.05) is 12.5 Å². The van der Waals surface area contributed by atoms with Gasteiger partial charge in [0.15, 0.2) is 0 Å². The molecule has 2 N–H and O–H groups in total. The molecule has 0 radical (unpaired) electrons. The van der Waals surface area contributed by atoms with E-state index < -0.39 is 0 Å². The Balaban J connectivity index is 2.05. The maximum absolute atomic E-state index is 6.51. The van der Waals surface area contributed by atoms with E-state index in [2.05, 4.69) is 17.3 Å². The number of rotatable bonds is 4. The molecule has 1 aromatic heterocycles. The molecule has 0 amide bonds. The Morgan fingerprint density at radius 1 is 1.53 bits per heavy atom. The molecule has 1 heterocycles. The molecule has 0 aliphatic heterocycles. The number of hydrogen-bond acceptors (Lipinski definition) is 4. The molecule has 0 saturated heterocycles. The summed E-state index contributed by atoms with van der Waals surface area (Å²) in [7, 11) is 1.70. The Labute approximate surface area is 107 Å². The number of ether oxygens (including phenoxy) is 1. The molecule has 1 fully saturated rings. The van der Waals surface area contributed by atoms with Crippen LogP contribution in [0, 0.1) is 5.92 Å². The number of methoxy groups -OCH3 is 1. The van der Waals surface area contributed by atoms with Gasteiger partial charge in [0.05, 0.1) is 17.8 Å². The number of hydrogen-bond donors (Lipinski definition) is 1.